The summed E-state index contributed by atoms with van der Waals surface area (Å²) in [4.78, 5) is 23.8. The van der Waals surface area contributed by atoms with Gasteiger partial charge in [0.2, 0.25) is 11.5 Å². The number of imidazole rings is 1. The average Bonchev–Trinajstić information content (AvgIpc) is 3.38. The van der Waals surface area contributed by atoms with Gasteiger partial charge in [0.25, 0.3) is 0 Å². The van der Waals surface area contributed by atoms with E-state index in [-0.39, 0.29) is 5.78 Å². The van der Waals surface area contributed by atoms with E-state index in [9.17, 15) is 4.79 Å². The Morgan fingerprint density at radius 3 is 2.41 bits per heavy atom. The Bertz CT molecular complexity index is 1190. The molecule has 0 aliphatic carbocycles. The van der Waals surface area contributed by atoms with Gasteiger partial charge >= 0.3 is 0 Å². The molecular formula is C21H18BrN3O4. The van der Waals surface area contributed by atoms with Crippen LogP contribution in [0.5, 0.6) is 17.2 Å². The Morgan fingerprint density at radius 1 is 1.03 bits per heavy atom. The number of hydrogen-bond donors (Lipinski definition) is 2. The second-order valence-electron chi connectivity index (χ2n) is 6.28. The van der Waals surface area contributed by atoms with Gasteiger partial charge in [0, 0.05) is 32.7 Å². The minimum atomic E-state index is -0.231. The van der Waals surface area contributed by atoms with Crippen molar-refractivity contribution in [1.82, 2.24) is 15.0 Å². The van der Waals surface area contributed by atoms with E-state index in [0.717, 1.165) is 20.9 Å². The van der Waals surface area contributed by atoms with Gasteiger partial charge in [0.15, 0.2) is 11.5 Å². The van der Waals surface area contributed by atoms with Crippen LogP contribution in [-0.2, 0) is 0 Å². The molecule has 4 rings (SSSR count). The molecule has 7 nitrogen and oxygen atoms in total. The molecule has 0 aliphatic heterocycles. The fraction of sp³-hybridized carbons (Fsp3) is 0.143. The van der Waals surface area contributed by atoms with E-state index in [0.29, 0.717) is 34.3 Å². The van der Waals surface area contributed by atoms with Crippen molar-refractivity contribution in [2.45, 2.75) is 0 Å². The first kappa shape index (κ1) is 19.1. The third-order valence-electron chi connectivity index (χ3n) is 4.65. The number of aromatic nitrogens is 3. The number of benzene rings is 2. The van der Waals surface area contributed by atoms with E-state index in [1.54, 1.807) is 12.1 Å². The molecule has 0 spiro atoms. The molecule has 0 radical (unpaired) electrons. The summed E-state index contributed by atoms with van der Waals surface area (Å²) in [5.41, 5.74) is 2.62. The van der Waals surface area contributed by atoms with Crippen molar-refractivity contribution < 1.29 is 19.0 Å². The molecule has 4 aromatic rings. The van der Waals surface area contributed by atoms with Gasteiger partial charge in [0.05, 0.1) is 27.5 Å². The Morgan fingerprint density at radius 2 is 1.76 bits per heavy atom. The summed E-state index contributed by atoms with van der Waals surface area (Å²) in [6.07, 6.45) is 3.39. The SMILES string of the molecule is COc1cc(C(=O)c2cnc(-c3c[nH]c4cc(Br)ccc34)[nH]2)cc(OC)c1OC. The van der Waals surface area contributed by atoms with Crippen molar-refractivity contribution in [2.75, 3.05) is 21.3 Å². The maximum Gasteiger partial charge on any atom is 0.211 e. The van der Waals surface area contributed by atoms with Gasteiger partial charge in [-0.3, -0.25) is 4.79 Å². The predicted molar refractivity (Wildman–Crippen MR) is 113 cm³/mol. The molecule has 0 aliphatic rings. The van der Waals surface area contributed by atoms with Crippen LogP contribution in [-0.4, -0.2) is 42.1 Å². The van der Waals surface area contributed by atoms with Crippen molar-refractivity contribution in [3.63, 3.8) is 0 Å². The average molecular weight is 456 g/mol. The van der Waals surface area contributed by atoms with Gasteiger partial charge in [-0.25, -0.2) is 4.98 Å². The van der Waals surface area contributed by atoms with Gasteiger partial charge in [-0.15, -0.1) is 0 Å². The largest absolute Gasteiger partial charge is 0.493 e. The molecule has 0 bridgehead atoms. The number of carbonyl (C=O) groups excluding carboxylic acids is 1. The number of rotatable bonds is 6. The van der Waals surface area contributed by atoms with Crippen LogP contribution in [0.2, 0.25) is 0 Å². The topological polar surface area (TPSA) is 89.2 Å². The summed E-state index contributed by atoms with van der Waals surface area (Å²) >= 11 is 3.46. The summed E-state index contributed by atoms with van der Waals surface area (Å²) in [5, 5.41) is 1.01. The second-order valence-corrected chi connectivity index (χ2v) is 7.20. The summed E-state index contributed by atoms with van der Waals surface area (Å²) in [6.45, 7) is 0. The number of carbonyl (C=O) groups is 1. The van der Waals surface area contributed by atoms with Crippen LogP contribution in [0.1, 0.15) is 16.1 Å². The normalized spacial score (nSPS) is 10.9. The molecule has 29 heavy (non-hydrogen) atoms. The van der Waals surface area contributed by atoms with E-state index in [2.05, 4.69) is 30.9 Å². The third kappa shape index (κ3) is 3.36. The standard InChI is InChI=1S/C21H18BrN3O4/c1-27-17-6-11(7-18(28-2)20(17)29-3)19(26)16-10-24-21(25-16)14-9-23-15-8-12(22)4-5-13(14)15/h4-10,23H,1-3H3,(H,24,25). The summed E-state index contributed by atoms with van der Waals surface area (Å²) in [7, 11) is 4.53. The Kier molecular flexibility index (Phi) is 5.02. The van der Waals surface area contributed by atoms with Crippen LogP contribution >= 0.6 is 15.9 Å². The zero-order chi connectivity index (χ0) is 20.5. The van der Waals surface area contributed by atoms with Crippen LogP contribution < -0.4 is 14.2 Å². The molecule has 0 saturated heterocycles. The van der Waals surface area contributed by atoms with E-state index >= 15 is 0 Å². The van der Waals surface area contributed by atoms with Gasteiger partial charge in [-0.1, -0.05) is 22.0 Å². The quantitative estimate of drug-likeness (QED) is 0.415. The van der Waals surface area contributed by atoms with Crippen molar-refractivity contribution >= 4 is 32.6 Å². The number of methoxy groups -OCH3 is 3. The highest BCUT2D eigenvalue weighted by Gasteiger charge is 2.20. The molecular weight excluding hydrogens is 438 g/mol. The number of nitrogens with zero attached hydrogens (tertiary/aromatic N) is 1. The first-order valence-electron chi connectivity index (χ1n) is 8.72. The van der Waals surface area contributed by atoms with Crippen LogP contribution in [0.25, 0.3) is 22.3 Å². The van der Waals surface area contributed by atoms with Crippen LogP contribution in [0.3, 0.4) is 0 Å². The number of aromatic amines is 2. The molecule has 148 valence electrons. The molecule has 2 aromatic heterocycles. The molecule has 0 saturated carbocycles. The van der Waals surface area contributed by atoms with Crippen LogP contribution in [0.4, 0.5) is 0 Å². The zero-order valence-corrected chi connectivity index (χ0v) is 17.6. The van der Waals surface area contributed by atoms with Gasteiger partial charge in [-0.2, -0.15) is 0 Å². The number of nitrogens with one attached hydrogen (secondary N) is 2. The maximum atomic E-state index is 13.0. The fourth-order valence-electron chi connectivity index (χ4n) is 3.24. The van der Waals surface area contributed by atoms with Gasteiger partial charge < -0.3 is 24.2 Å². The first-order valence-corrected chi connectivity index (χ1v) is 9.51. The number of fused-ring (bicyclic) bond motifs is 1. The van der Waals surface area contributed by atoms with E-state index in [1.807, 2.05) is 24.4 Å². The van der Waals surface area contributed by atoms with Crippen molar-refractivity contribution in [2.24, 2.45) is 0 Å². The molecule has 8 heteroatoms. The van der Waals surface area contributed by atoms with E-state index < -0.39 is 0 Å². The highest BCUT2D eigenvalue weighted by molar-refractivity contribution is 9.10. The summed E-state index contributed by atoms with van der Waals surface area (Å²) in [6, 6.07) is 9.18. The van der Waals surface area contributed by atoms with Gasteiger partial charge in [-0.05, 0) is 24.3 Å². The molecule has 2 heterocycles. The highest BCUT2D eigenvalue weighted by Crippen LogP contribution is 2.38. The molecule has 0 fully saturated rings. The first-order chi connectivity index (χ1) is 14.0. The summed E-state index contributed by atoms with van der Waals surface area (Å²) < 4.78 is 17.0. The lowest BCUT2D eigenvalue weighted by Crippen LogP contribution is -2.04. The zero-order valence-electron chi connectivity index (χ0n) is 16.0. The molecule has 2 N–H and O–H groups in total. The second kappa shape index (κ2) is 7.63. The lowest BCUT2D eigenvalue weighted by Gasteiger charge is -2.13. The van der Waals surface area contributed by atoms with Crippen LogP contribution in [0.15, 0.2) is 47.2 Å². The predicted octanol–water partition coefficient (Wildman–Crippen LogP) is 4.58. The number of ketones is 1. The molecule has 0 atom stereocenters. The maximum absolute atomic E-state index is 13.0. The number of ether oxygens (including phenoxy) is 3. The van der Waals surface area contributed by atoms with Crippen molar-refractivity contribution in [3.05, 3.63) is 58.5 Å². The van der Waals surface area contributed by atoms with Crippen LogP contribution in [0, 0.1) is 0 Å². The number of halogens is 1. The minimum Gasteiger partial charge on any atom is -0.493 e. The molecule has 2 aromatic carbocycles. The monoisotopic (exact) mass is 455 g/mol. The number of hydrogen-bond acceptors (Lipinski definition) is 5. The number of H-pyrrole nitrogens is 2. The highest BCUT2D eigenvalue weighted by atomic mass is 79.9. The molecule has 0 amide bonds. The van der Waals surface area contributed by atoms with E-state index in [4.69, 9.17) is 14.2 Å². The summed E-state index contributed by atoms with van der Waals surface area (Å²) in [5.74, 6) is 1.64. The Balaban J connectivity index is 1.72. The fourth-order valence-corrected chi connectivity index (χ4v) is 3.60. The lowest BCUT2D eigenvalue weighted by molar-refractivity contribution is 0.103. The Hall–Kier alpha value is -3.26. The van der Waals surface area contributed by atoms with Gasteiger partial charge in [0.1, 0.15) is 11.5 Å². The van der Waals surface area contributed by atoms with E-state index in [1.165, 1.54) is 27.5 Å². The third-order valence-corrected chi connectivity index (χ3v) is 5.14. The smallest absolute Gasteiger partial charge is 0.211 e. The lowest BCUT2D eigenvalue weighted by atomic mass is 10.1. The molecule has 0 unspecified atom stereocenters. The Labute approximate surface area is 175 Å². The van der Waals surface area contributed by atoms with Crippen molar-refractivity contribution in [1.29, 1.82) is 0 Å². The van der Waals surface area contributed by atoms with Crippen molar-refractivity contribution in [3.8, 4) is 28.6 Å². The minimum absolute atomic E-state index is 0.231.